The summed E-state index contributed by atoms with van der Waals surface area (Å²) in [7, 11) is 2.75. The molecule has 0 aliphatic carbocycles. The molecule has 0 bridgehead atoms. The molecule has 0 N–H and O–H groups in total. The number of rotatable bonds is 5. The molecular weight excluding hydrogens is 420 g/mol. The Morgan fingerprint density at radius 1 is 1.08 bits per heavy atom. The first-order chi connectivity index (χ1) is 12.1. The van der Waals surface area contributed by atoms with E-state index in [1.54, 1.807) is 0 Å². The molecule has 2 heterocycles. The molecule has 0 saturated heterocycles. The first-order valence-corrected chi connectivity index (χ1v) is 8.76. The van der Waals surface area contributed by atoms with Gasteiger partial charge in [0.25, 0.3) is 0 Å². The summed E-state index contributed by atoms with van der Waals surface area (Å²) in [6.07, 6.45) is 6.68. The van der Waals surface area contributed by atoms with Crippen LogP contribution in [0.4, 0.5) is 0 Å². The maximum absolute atomic E-state index is 4.55. The van der Waals surface area contributed by atoms with Gasteiger partial charge in [0.2, 0.25) is 0 Å². The second-order valence-corrected chi connectivity index (χ2v) is 6.29. The molecule has 3 atom stereocenters. The Kier molecular flexibility index (Phi) is 10.6. The first-order valence-electron chi connectivity index (χ1n) is 8.24. The van der Waals surface area contributed by atoms with Gasteiger partial charge >= 0.3 is 32.7 Å². The predicted octanol–water partition coefficient (Wildman–Crippen LogP) is 4.39. The average Bonchev–Trinajstić information content (AvgIpc) is 3.21. The van der Waals surface area contributed by atoms with E-state index in [1.807, 2.05) is 36.4 Å². The summed E-state index contributed by atoms with van der Waals surface area (Å²) >= 11 is 0. The number of nitrogens with zero attached hydrogens (tertiary/aromatic N) is 4. The topological polar surface area (TPSA) is 55.1 Å². The summed E-state index contributed by atoms with van der Waals surface area (Å²) in [4.78, 5) is 8.24. The Morgan fingerprint density at radius 2 is 1.73 bits per heavy atom. The van der Waals surface area contributed by atoms with Crippen LogP contribution in [0.5, 0.6) is 0 Å². The van der Waals surface area contributed by atoms with Crippen LogP contribution < -0.4 is 0 Å². The minimum atomic E-state index is 0. The minimum Gasteiger partial charge on any atom is -0.458 e. The second kappa shape index (κ2) is 11.9. The van der Waals surface area contributed by atoms with E-state index < -0.39 is 0 Å². The minimum absolute atomic E-state index is 0. The van der Waals surface area contributed by atoms with Gasteiger partial charge in [0.05, 0.1) is 17.7 Å². The average molecular weight is 444 g/mol. The van der Waals surface area contributed by atoms with Crippen LogP contribution in [0, 0.1) is 19.2 Å². The maximum atomic E-state index is 4.55. The number of benzene rings is 1. The van der Waals surface area contributed by atoms with Gasteiger partial charge in [-0.1, -0.05) is 53.6 Å². The van der Waals surface area contributed by atoms with Crippen molar-refractivity contribution in [3.8, 4) is 11.5 Å². The van der Waals surface area contributed by atoms with Gasteiger partial charge in [-0.25, -0.2) is 0 Å². The van der Waals surface area contributed by atoms with Crippen molar-refractivity contribution in [2.75, 3.05) is 0 Å². The molecule has 3 unspecified atom stereocenters. The van der Waals surface area contributed by atoms with Crippen LogP contribution in [-0.4, -0.2) is 31.9 Å². The molecule has 0 amide bonds. The maximum Gasteiger partial charge on any atom is 3.00 e. The third-order valence-corrected chi connectivity index (χ3v) is 5.00. The summed E-state index contributed by atoms with van der Waals surface area (Å²) < 4.78 is 6.80. The van der Waals surface area contributed by atoms with Gasteiger partial charge in [-0.3, -0.25) is 4.98 Å². The Bertz CT molecular complexity index is 759. The van der Waals surface area contributed by atoms with E-state index in [2.05, 4.69) is 80.6 Å². The molecule has 0 saturated carbocycles. The van der Waals surface area contributed by atoms with Gasteiger partial charge in [0.1, 0.15) is 0 Å². The van der Waals surface area contributed by atoms with Gasteiger partial charge in [-0.15, -0.1) is 12.1 Å². The van der Waals surface area contributed by atoms with Gasteiger partial charge in [0, 0.05) is 11.1 Å². The predicted molar refractivity (Wildman–Crippen MR) is 104 cm³/mol. The molecule has 0 radical (unpaired) electrons. The zero-order valence-corrected chi connectivity index (χ0v) is 19.6. The third kappa shape index (κ3) is 6.46. The summed E-state index contributed by atoms with van der Waals surface area (Å²) in [5.41, 5.74) is 1.61. The quantitative estimate of drug-likeness (QED) is 0.432. The molecule has 134 valence electrons. The van der Waals surface area contributed by atoms with Crippen LogP contribution in [0.1, 0.15) is 27.7 Å². The van der Waals surface area contributed by atoms with Crippen molar-refractivity contribution in [1.82, 2.24) is 19.8 Å². The van der Waals surface area contributed by atoms with Gasteiger partial charge in [-0.2, -0.15) is 19.0 Å². The number of aromatic nitrogens is 3. The zero-order chi connectivity index (χ0) is 18.2. The molecule has 0 aliphatic heterocycles. The van der Waals surface area contributed by atoms with Crippen molar-refractivity contribution in [1.29, 1.82) is 0 Å². The Hall–Kier alpha value is -0.736. The van der Waals surface area contributed by atoms with Crippen molar-refractivity contribution in [3.05, 3.63) is 55.6 Å². The van der Waals surface area contributed by atoms with Crippen molar-refractivity contribution in [2.24, 2.45) is 0 Å². The molecule has 0 fully saturated rings. The van der Waals surface area contributed by atoms with Crippen LogP contribution in [0.2, 0.25) is 0 Å². The van der Waals surface area contributed by atoms with Crippen LogP contribution >= 0.6 is 9.39 Å². The standard InChI is InChI=1S/C11H6N3O.C8H18NP.Y/c1-2-4-9-8(3-1)5-6-10(13-9)11-12-7-15-14-11;1-5-7(3)9(10)8(4)6-2;/h1-6H;5-8H,10H2,1-4H3;/q-1;-2;+3. The summed E-state index contributed by atoms with van der Waals surface area (Å²) in [6, 6.07) is 12.8. The molecule has 3 aromatic rings. The normalized spacial score (nSPS) is 12.8. The fourth-order valence-corrected chi connectivity index (χ4v) is 2.50. The SMILES string of the molecule is C[CH-]C(C)N(P)C(C)[CH-]C.[Y+3].[c-]1nc(-c2ccc3ccccc3n2)no1. The zero-order valence-electron chi connectivity index (χ0n) is 15.6. The smallest absolute Gasteiger partial charge is 0.458 e. The van der Waals surface area contributed by atoms with Crippen LogP contribution in [-0.2, 0) is 32.7 Å². The van der Waals surface area contributed by atoms with Gasteiger partial charge in [-0.05, 0) is 6.07 Å². The Labute approximate surface area is 183 Å². The van der Waals surface area contributed by atoms with Crippen LogP contribution in [0.25, 0.3) is 22.4 Å². The summed E-state index contributed by atoms with van der Waals surface area (Å²) in [6.45, 7) is 8.55. The van der Waals surface area contributed by atoms with Gasteiger partial charge < -0.3 is 27.0 Å². The number of hydrogen-bond donors (Lipinski definition) is 0. The Balaban J connectivity index is 0.000000274. The molecule has 0 aliphatic rings. The monoisotopic (exact) mass is 444 g/mol. The number of pyridine rings is 1. The van der Waals surface area contributed by atoms with Crippen LogP contribution in [0.3, 0.4) is 0 Å². The number of fused-ring (bicyclic) bond motifs is 1. The van der Waals surface area contributed by atoms with Crippen molar-refractivity contribution in [3.63, 3.8) is 0 Å². The number of hydrogen-bond acceptors (Lipinski definition) is 5. The molecule has 26 heavy (non-hydrogen) atoms. The summed E-state index contributed by atoms with van der Waals surface area (Å²) in [5, 5.41) is 4.78. The van der Waals surface area contributed by atoms with E-state index in [4.69, 9.17) is 0 Å². The van der Waals surface area contributed by atoms with Crippen molar-refractivity contribution in [2.45, 2.75) is 39.8 Å². The first kappa shape index (κ1) is 23.3. The van der Waals surface area contributed by atoms with E-state index in [9.17, 15) is 0 Å². The van der Waals surface area contributed by atoms with Gasteiger partial charge in [0.15, 0.2) is 0 Å². The van der Waals surface area contributed by atoms with Crippen molar-refractivity contribution >= 4 is 20.3 Å². The third-order valence-electron chi connectivity index (χ3n) is 4.06. The molecular formula is C19H24N4OPY. The van der Waals surface area contributed by atoms with Crippen molar-refractivity contribution < 1.29 is 37.2 Å². The van der Waals surface area contributed by atoms with E-state index in [0.29, 0.717) is 23.6 Å². The van der Waals surface area contributed by atoms with E-state index in [1.165, 1.54) is 0 Å². The molecule has 1 aromatic carbocycles. The summed E-state index contributed by atoms with van der Waals surface area (Å²) in [5.74, 6) is 0.459. The van der Waals surface area contributed by atoms with E-state index in [0.717, 1.165) is 10.9 Å². The van der Waals surface area contributed by atoms with Crippen LogP contribution in [0.15, 0.2) is 40.9 Å². The van der Waals surface area contributed by atoms with E-state index in [-0.39, 0.29) is 32.7 Å². The fraction of sp³-hybridized carbons (Fsp3) is 0.316. The number of para-hydroxylation sites is 1. The molecule has 3 rings (SSSR count). The van der Waals surface area contributed by atoms with E-state index >= 15 is 0 Å². The molecule has 0 spiro atoms. The molecule has 2 aromatic heterocycles. The largest absolute Gasteiger partial charge is 3.00 e. The second-order valence-electron chi connectivity index (χ2n) is 5.69. The fourth-order valence-electron chi connectivity index (χ4n) is 2.16. The molecule has 7 heteroatoms. The molecule has 5 nitrogen and oxygen atoms in total. The Morgan fingerprint density at radius 3 is 2.31 bits per heavy atom.